The molecule has 0 fully saturated rings. The maximum Gasteiger partial charge on any atom is 0.411 e. The maximum atomic E-state index is 13.7. The predicted octanol–water partition coefficient (Wildman–Crippen LogP) is 1.29. The molecule has 11 heteroatoms. The summed E-state index contributed by atoms with van der Waals surface area (Å²) in [6.45, 7) is 0. The van der Waals surface area contributed by atoms with Gasteiger partial charge in [-0.1, -0.05) is 0 Å². The number of carbonyl (C=O) groups is 1. The van der Waals surface area contributed by atoms with Crippen LogP contribution in [0.2, 0.25) is 0 Å². The van der Waals surface area contributed by atoms with Crippen LogP contribution in [-0.4, -0.2) is 19.5 Å². The van der Waals surface area contributed by atoms with Crippen LogP contribution in [-0.2, 0) is 9.84 Å². The zero-order valence-corrected chi connectivity index (χ0v) is 11.7. The number of thiazole rings is 1. The second kappa shape index (κ2) is 5.26. The Hall–Kier alpha value is -2.27. The highest BCUT2D eigenvalue weighted by Crippen LogP contribution is 2.31. The summed E-state index contributed by atoms with van der Waals surface area (Å²) in [5.41, 5.74) is 9.69. The Labute approximate surface area is 121 Å². The Kier molecular flexibility index (Phi) is 3.78. The minimum absolute atomic E-state index is 0.263. The summed E-state index contributed by atoms with van der Waals surface area (Å²) >= 11 is 0.518. The second-order valence-electron chi connectivity index (χ2n) is 3.69. The lowest BCUT2D eigenvalue weighted by molar-refractivity contribution is 0.209. The summed E-state index contributed by atoms with van der Waals surface area (Å²) in [5, 5.41) is 1.06. The summed E-state index contributed by atoms with van der Waals surface area (Å²) in [4.78, 5) is 12.8. The fourth-order valence-corrected chi connectivity index (χ4v) is 3.80. The van der Waals surface area contributed by atoms with Gasteiger partial charge in [-0.25, -0.2) is 22.0 Å². The topological polar surface area (TPSA) is 125 Å². The van der Waals surface area contributed by atoms with Crippen LogP contribution in [0.15, 0.2) is 26.7 Å². The standard InChI is InChI=1S/C10H7F2N3O4S2/c11-5-1-4(13)2-6(12)8(5)21(17,18)10-15-7(3-20-10)19-9(14)16/h1-3H,13H2,(H2,14,16). The van der Waals surface area contributed by atoms with Crippen molar-refractivity contribution >= 4 is 33.0 Å². The molecule has 0 aliphatic rings. The van der Waals surface area contributed by atoms with Crippen LogP contribution in [0.25, 0.3) is 0 Å². The van der Waals surface area contributed by atoms with Crippen molar-refractivity contribution in [2.45, 2.75) is 9.24 Å². The molecule has 4 N–H and O–H groups in total. The number of hydrogen-bond donors (Lipinski definition) is 2. The van der Waals surface area contributed by atoms with Gasteiger partial charge < -0.3 is 16.2 Å². The number of rotatable bonds is 3. The zero-order valence-electron chi connectivity index (χ0n) is 10.0. The maximum absolute atomic E-state index is 13.7. The molecule has 0 saturated heterocycles. The van der Waals surface area contributed by atoms with Gasteiger partial charge in [0.15, 0.2) is 0 Å². The van der Waals surface area contributed by atoms with E-state index < -0.39 is 36.8 Å². The lowest BCUT2D eigenvalue weighted by Crippen LogP contribution is -2.16. The van der Waals surface area contributed by atoms with Gasteiger partial charge in [0.05, 0.1) is 5.38 Å². The fourth-order valence-electron chi connectivity index (χ4n) is 1.44. The van der Waals surface area contributed by atoms with E-state index in [4.69, 9.17) is 11.5 Å². The number of nitrogens with zero attached hydrogens (tertiary/aromatic N) is 1. The summed E-state index contributed by atoms with van der Waals surface area (Å²) in [5.74, 6) is -3.08. The number of aromatic nitrogens is 1. The first kappa shape index (κ1) is 15.1. The average molecular weight is 335 g/mol. The van der Waals surface area contributed by atoms with Crippen LogP contribution in [0, 0.1) is 11.6 Å². The first-order chi connectivity index (χ1) is 9.71. The van der Waals surface area contributed by atoms with E-state index in [9.17, 15) is 22.0 Å². The highest BCUT2D eigenvalue weighted by molar-refractivity contribution is 7.93. The summed E-state index contributed by atoms with van der Waals surface area (Å²) in [6, 6.07) is 1.34. The molecule has 0 saturated carbocycles. The molecule has 1 aromatic carbocycles. The molecule has 112 valence electrons. The Morgan fingerprint density at radius 3 is 2.38 bits per heavy atom. The van der Waals surface area contributed by atoms with E-state index in [2.05, 4.69) is 9.72 Å². The van der Waals surface area contributed by atoms with Crippen LogP contribution in [0.1, 0.15) is 0 Å². The molecule has 0 aliphatic heterocycles. The number of benzene rings is 1. The van der Waals surface area contributed by atoms with Gasteiger partial charge in [0.25, 0.3) is 0 Å². The SMILES string of the molecule is NC(=O)Oc1csc(S(=O)(=O)c2c(F)cc(N)cc2F)n1. The van der Waals surface area contributed by atoms with Gasteiger partial charge in [-0.05, 0) is 12.1 Å². The monoisotopic (exact) mass is 335 g/mol. The van der Waals surface area contributed by atoms with E-state index in [-0.39, 0.29) is 11.6 Å². The molecule has 1 amide bonds. The average Bonchev–Trinajstić information content (AvgIpc) is 2.75. The molecular weight excluding hydrogens is 328 g/mol. The number of nitrogen functional groups attached to an aromatic ring is 1. The van der Waals surface area contributed by atoms with Gasteiger partial charge in [0.2, 0.25) is 20.1 Å². The van der Waals surface area contributed by atoms with Crippen molar-refractivity contribution < 1.29 is 26.7 Å². The molecule has 0 aliphatic carbocycles. The fraction of sp³-hybridized carbons (Fsp3) is 0. The number of anilines is 1. The number of halogens is 2. The minimum Gasteiger partial charge on any atom is -0.399 e. The largest absolute Gasteiger partial charge is 0.411 e. The van der Waals surface area contributed by atoms with E-state index in [1.807, 2.05) is 0 Å². The Morgan fingerprint density at radius 2 is 1.86 bits per heavy atom. The highest BCUT2D eigenvalue weighted by atomic mass is 32.2. The molecule has 0 unspecified atom stereocenters. The number of amides is 1. The smallest absolute Gasteiger partial charge is 0.399 e. The third kappa shape index (κ3) is 2.92. The number of nitrogens with two attached hydrogens (primary N) is 2. The lowest BCUT2D eigenvalue weighted by atomic mass is 10.3. The summed E-state index contributed by atoms with van der Waals surface area (Å²) < 4.78 is 55.4. The molecule has 2 rings (SSSR count). The van der Waals surface area contributed by atoms with E-state index >= 15 is 0 Å². The molecule has 21 heavy (non-hydrogen) atoms. The van der Waals surface area contributed by atoms with Crippen molar-refractivity contribution in [1.29, 1.82) is 0 Å². The van der Waals surface area contributed by atoms with Crippen LogP contribution < -0.4 is 16.2 Å². The molecule has 1 aromatic heterocycles. The molecule has 2 aromatic rings. The van der Waals surface area contributed by atoms with Gasteiger partial charge in [0.1, 0.15) is 16.5 Å². The summed E-state index contributed by atoms with van der Waals surface area (Å²) in [7, 11) is -4.56. The number of ether oxygens (including phenoxy) is 1. The minimum atomic E-state index is -4.56. The lowest BCUT2D eigenvalue weighted by Gasteiger charge is -2.05. The van der Waals surface area contributed by atoms with Gasteiger partial charge in [-0.15, -0.1) is 11.3 Å². The van der Waals surface area contributed by atoms with E-state index in [1.165, 1.54) is 0 Å². The Bertz CT molecular complexity index is 796. The predicted molar refractivity (Wildman–Crippen MR) is 68.5 cm³/mol. The molecular formula is C10H7F2N3O4S2. The van der Waals surface area contributed by atoms with Crippen LogP contribution in [0.4, 0.5) is 19.3 Å². The van der Waals surface area contributed by atoms with E-state index in [1.54, 1.807) is 0 Å². The molecule has 7 nitrogen and oxygen atoms in total. The van der Waals surface area contributed by atoms with Gasteiger partial charge in [0, 0.05) is 5.69 Å². The highest BCUT2D eigenvalue weighted by Gasteiger charge is 2.30. The molecule has 0 bridgehead atoms. The molecule has 0 atom stereocenters. The number of carbonyl (C=O) groups excluding carboxylic acids is 1. The summed E-state index contributed by atoms with van der Waals surface area (Å²) in [6.07, 6.45) is -1.20. The van der Waals surface area contributed by atoms with Gasteiger partial charge in [-0.2, -0.15) is 4.98 Å². The Morgan fingerprint density at radius 1 is 1.29 bits per heavy atom. The van der Waals surface area contributed by atoms with Crippen molar-refractivity contribution in [2.75, 3.05) is 5.73 Å². The van der Waals surface area contributed by atoms with Crippen molar-refractivity contribution in [2.24, 2.45) is 5.73 Å². The van der Waals surface area contributed by atoms with Crippen LogP contribution in [0.3, 0.4) is 0 Å². The Balaban J connectivity index is 2.52. The van der Waals surface area contributed by atoms with Crippen molar-refractivity contribution in [3.05, 3.63) is 29.1 Å². The van der Waals surface area contributed by atoms with E-state index in [0.717, 1.165) is 5.38 Å². The zero-order chi connectivity index (χ0) is 15.8. The molecule has 0 radical (unpaired) electrons. The number of sulfone groups is 1. The van der Waals surface area contributed by atoms with Crippen LogP contribution in [0.5, 0.6) is 5.88 Å². The quantitative estimate of drug-likeness (QED) is 0.814. The number of primary amides is 1. The van der Waals surface area contributed by atoms with Crippen LogP contribution >= 0.6 is 11.3 Å². The first-order valence-corrected chi connectivity index (χ1v) is 7.50. The van der Waals surface area contributed by atoms with Crippen molar-refractivity contribution in [3.63, 3.8) is 0 Å². The van der Waals surface area contributed by atoms with Crippen molar-refractivity contribution in [3.8, 4) is 5.88 Å². The second-order valence-corrected chi connectivity index (χ2v) is 6.61. The van der Waals surface area contributed by atoms with Gasteiger partial charge in [-0.3, -0.25) is 0 Å². The van der Waals surface area contributed by atoms with Crippen molar-refractivity contribution in [1.82, 2.24) is 4.98 Å². The molecule has 1 heterocycles. The van der Waals surface area contributed by atoms with E-state index in [0.29, 0.717) is 23.5 Å². The third-order valence-corrected chi connectivity index (χ3v) is 5.22. The first-order valence-electron chi connectivity index (χ1n) is 5.14. The molecule has 0 spiro atoms. The third-order valence-electron chi connectivity index (χ3n) is 2.19. The number of hydrogen-bond acceptors (Lipinski definition) is 7. The van der Waals surface area contributed by atoms with Gasteiger partial charge >= 0.3 is 6.09 Å². The normalized spacial score (nSPS) is 11.3.